The number of carbonyl (C=O) groups is 2. The highest BCUT2D eigenvalue weighted by molar-refractivity contribution is 7.80. The van der Waals surface area contributed by atoms with Gasteiger partial charge in [0.05, 0.1) is 0 Å². The quantitative estimate of drug-likeness (QED) is 0.506. The highest BCUT2D eigenvalue weighted by Gasteiger charge is 2.15. The van der Waals surface area contributed by atoms with E-state index < -0.39 is 5.91 Å². The first kappa shape index (κ1) is 22.6. The molecule has 2 rings (SSSR count). The summed E-state index contributed by atoms with van der Waals surface area (Å²) in [5, 5.41) is 3.11. The molecule has 0 aliphatic rings. The Labute approximate surface area is 180 Å². The lowest BCUT2D eigenvalue weighted by Crippen LogP contribution is -2.49. The van der Waals surface area contributed by atoms with Gasteiger partial charge in [0, 0.05) is 10.6 Å². The first-order valence-electron chi connectivity index (χ1n) is 8.96. The van der Waals surface area contributed by atoms with E-state index in [-0.39, 0.29) is 23.0 Å². The first-order chi connectivity index (χ1) is 13.6. The van der Waals surface area contributed by atoms with Gasteiger partial charge in [0.2, 0.25) is 0 Å². The van der Waals surface area contributed by atoms with Crippen molar-refractivity contribution in [3.8, 4) is 5.75 Å². The zero-order chi connectivity index (χ0) is 21.6. The summed E-state index contributed by atoms with van der Waals surface area (Å²) < 4.78 is 5.38. The molecular weight excluding hydrogens is 410 g/mol. The summed E-state index contributed by atoms with van der Waals surface area (Å²) in [4.78, 5) is 24.1. The minimum absolute atomic E-state index is 0.00290. The molecule has 3 N–H and O–H groups in total. The van der Waals surface area contributed by atoms with Crippen LogP contribution < -0.4 is 20.9 Å². The minimum Gasteiger partial charge on any atom is -0.484 e. The van der Waals surface area contributed by atoms with Gasteiger partial charge in [-0.25, -0.2) is 0 Å². The lowest BCUT2D eigenvalue weighted by Gasteiger charge is -2.19. The van der Waals surface area contributed by atoms with E-state index in [9.17, 15) is 9.59 Å². The first-order valence-corrected chi connectivity index (χ1v) is 9.74. The van der Waals surface area contributed by atoms with E-state index in [0.29, 0.717) is 16.3 Å². The van der Waals surface area contributed by atoms with Crippen LogP contribution in [0.3, 0.4) is 0 Å². The number of aryl methyl sites for hydroxylation is 1. The van der Waals surface area contributed by atoms with Gasteiger partial charge < -0.3 is 4.74 Å². The predicted octanol–water partition coefficient (Wildman–Crippen LogP) is 3.66. The van der Waals surface area contributed by atoms with Crippen molar-refractivity contribution in [2.75, 3.05) is 6.61 Å². The Morgan fingerprint density at radius 2 is 1.72 bits per heavy atom. The maximum absolute atomic E-state index is 12.2. The third-order valence-corrected chi connectivity index (χ3v) is 4.68. The molecule has 0 fully saturated rings. The molecule has 0 unspecified atom stereocenters. The molecule has 2 aromatic rings. The molecule has 0 aliphatic carbocycles. The Hall–Kier alpha value is -2.64. The SMILES string of the molecule is Cc1cc(OCC(=O)NNC(=S)NC(=O)c2ccc(C(C)(C)C)cc2)ccc1Cl. The number of ether oxygens (including phenoxy) is 1. The van der Waals surface area contributed by atoms with Crippen LogP contribution in [0.5, 0.6) is 5.75 Å². The molecule has 0 aromatic heterocycles. The van der Waals surface area contributed by atoms with Crippen LogP contribution in [0.15, 0.2) is 42.5 Å². The van der Waals surface area contributed by atoms with E-state index in [1.165, 1.54) is 0 Å². The lowest BCUT2D eigenvalue weighted by molar-refractivity contribution is -0.123. The van der Waals surface area contributed by atoms with Crippen molar-refractivity contribution >= 4 is 40.7 Å². The maximum Gasteiger partial charge on any atom is 0.276 e. The van der Waals surface area contributed by atoms with Gasteiger partial charge in [0.15, 0.2) is 11.7 Å². The Bertz CT molecular complexity index is 908. The highest BCUT2D eigenvalue weighted by Crippen LogP contribution is 2.22. The van der Waals surface area contributed by atoms with Gasteiger partial charge in [-0.05, 0) is 66.0 Å². The second-order valence-electron chi connectivity index (χ2n) is 7.48. The van der Waals surface area contributed by atoms with Crippen LogP contribution in [-0.2, 0) is 10.2 Å². The predicted molar refractivity (Wildman–Crippen MR) is 118 cm³/mol. The summed E-state index contributed by atoms with van der Waals surface area (Å²) in [6.45, 7) is 7.92. The molecule has 0 atom stereocenters. The summed E-state index contributed by atoms with van der Waals surface area (Å²) >= 11 is 11.0. The Morgan fingerprint density at radius 1 is 1.07 bits per heavy atom. The molecule has 0 heterocycles. The zero-order valence-electron chi connectivity index (χ0n) is 16.8. The molecule has 0 radical (unpaired) electrons. The Morgan fingerprint density at radius 3 is 2.31 bits per heavy atom. The summed E-state index contributed by atoms with van der Waals surface area (Å²) in [6.07, 6.45) is 0. The van der Waals surface area contributed by atoms with Crippen molar-refractivity contribution in [2.24, 2.45) is 0 Å². The second kappa shape index (κ2) is 9.71. The number of amides is 2. The van der Waals surface area contributed by atoms with E-state index in [1.54, 1.807) is 30.3 Å². The number of hydrogen-bond donors (Lipinski definition) is 3. The normalized spacial score (nSPS) is 10.8. The van der Waals surface area contributed by atoms with E-state index in [2.05, 4.69) is 36.9 Å². The Balaban J connectivity index is 1.77. The van der Waals surface area contributed by atoms with Crippen molar-refractivity contribution in [1.82, 2.24) is 16.2 Å². The number of halogens is 1. The molecule has 2 amide bonds. The van der Waals surface area contributed by atoms with Crippen molar-refractivity contribution in [1.29, 1.82) is 0 Å². The number of rotatable bonds is 4. The van der Waals surface area contributed by atoms with Crippen LogP contribution in [0.2, 0.25) is 5.02 Å². The molecule has 154 valence electrons. The maximum atomic E-state index is 12.2. The van der Waals surface area contributed by atoms with Crippen molar-refractivity contribution in [3.63, 3.8) is 0 Å². The number of benzene rings is 2. The summed E-state index contributed by atoms with van der Waals surface area (Å²) in [6, 6.07) is 12.4. The number of thiocarbonyl (C=S) groups is 1. The third kappa shape index (κ3) is 7.03. The van der Waals surface area contributed by atoms with Gasteiger partial charge >= 0.3 is 0 Å². The highest BCUT2D eigenvalue weighted by atomic mass is 35.5. The number of carbonyl (C=O) groups excluding carboxylic acids is 2. The number of hydrogen-bond acceptors (Lipinski definition) is 4. The van der Waals surface area contributed by atoms with Crippen LogP contribution in [0, 0.1) is 6.92 Å². The number of nitrogens with one attached hydrogen (secondary N) is 3. The Kier molecular flexibility index (Phi) is 7.59. The van der Waals surface area contributed by atoms with E-state index in [0.717, 1.165) is 11.1 Å². The monoisotopic (exact) mass is 433 g/mol. The topological polar surface area (TPSA) is 79.5 Å². The standard InChI is InChI=1S/C21H24ClN3O3S/c1-13-11-16(9-10-17(13)22)28-12-18(26)24-25-20(29)23-19(27)14-5-7-15(8-6-14)21(2,3)4/h5-11H,12H2,1-4H3,(H,24,26)(H2,23,25,27,29). The van der Waals surface area contributed by atoms with Gasteiger partial charge in [-0.3, -0.25) is 25.8 Å². The third-order valence-electron chi connectivity index (χ3n) is 4.05. The fourth-order valence-electron chi connectivity index (χ4n) is 2.35. The van der Waals surface area contributed by atoms with E-state index in [4.69, 9.17) is 28.6 Å². The molecule has 0 saturated carbocycles. The molecule has 29 heavy (non-hydrogen) atoms. The van der Waals surface area contributed by atoms with Crippen LogP contribution in [0.25, 0.3) is 0 Å². The van der Waals surface area contributed by atoms with Gasteiger partial charge in [0.25, 0.3) is 11.8 Å². The fourth-order valence-corrected chi connectivity index (χ4v) is 2.61. The van der Waals surface area contributed by atoms with Gasteiger partial charge in [-0.2, -0.15) is 0 Å². The molecule has 0 bridgehead atoms. The van der Waals surface area contributed by atoms with E-state index in [1.807, 2.05) is 19.1 Å². The second-order valence-corrected chi connectivity index (χ2v) is 8.30. The van der Waals surface area contributed by atoms with Gasteiger partial charge in [-0.15, -0.1) is 0 Å². The van der Waals surface area contributed by atoms with Gasteiger partial charge in [-0.1, -0.05) is 44.5 Å². The van der Waals surface area contributed by atoms with Crippen molar-refractivity contribution < 1.29 is 14.3 Å². The van der Waals surface area contributed by atoms with Crippen molar-refractivity contribution in [3.05, 3.63) is 64.2 Å². The summed E-state index contributed by atoms with van der Waals surface area (Å²) in [5.74, 6) is -0.300. The van der Waals surface area contributed by atoms with Crippen LogP contribution in [0.1, 0.15) is 42.3 Å². The van der Waals surface area contributed by atoms with Crippen LogP contribution in [0.4, 0.5) is 0 Å². The fraction of sp³-hybridized carbons (Fsp3) is 0.286. The average Bonchev–Trinajstić information content (AvgIpc) is 2.66. The smallest absolute Gasteiger partial charge is 0.276 e. The van der Waals surface area contributed by atoms with E-state index >= 15 is 0 Å². The van der Waals surface area contributed by atoms with Gasteiger partial charge in [0.1, 0.15) is 5.75 Å². The molecular formula is C21H24ClN3O3S. The molecule has 8 heteroatoms. The molecule has 6 nitrogen and oxygen atoms in total. The molecule has 0 saturated heterocycles. The largest absolute Gasteiger partial charge is 0.484 e. The number of hydrazine groups is 1. The lowest BCUT2D eigenvalue weighted by atomic mass is 9.87. The summed E-state index contributed by atoms with van der Waals surface area (Å²) in [7, 11) is 0. The summed E-state index contributed by atoms with van der Waals surface area (Å²) in [5.41, 5.74) is 7.29. The minimum atomic E-state index is -0.455. The van der Waals surface area contributed by atoms with Crippen LogP contribution in [-0.4, -0.2) is 23.5 Å². The van der Waals surface area contributed by atoms with Crippen LogP contribution >= 0.6 is 23.8 Å². The molecule has 0 aliphatic heterocycles. The zero-order valence-corrected chi connectivity index (χ0v) is 18.3. The molecule has 2 aromatic carbocycles. The molecule has 0 spiro atoms. The average molecular weight is 434 g/mol. The van der Waals surface area contributed by atoms with Crippen molar-refractivity contribution in [2.45, 2.75) is 33.1 Å².